The van der Waals surface area contributed by atoms with Crippen molar-refractivity contribution in [3.8, 4) is 11.5 Å². The molecule has 5 nitrogen and oxygen atoms in total. The van der Waals surface area contributed by atoms with E-state index in [0.29, 0.717) is 22.4 Å². The van der Waals surface area contributed by atoms with Crippen molar-refractivity contribution in [3.63, 3.8) is 0 Å². The van der Waals surface area contributed by atoms with Gasteiger partial charge < -0.3 is 20.7 Å². The highest BCUT2D eigenvalue weighted by Crippen LogP contribution is 2.34. The number of rotatable bonds is 2. The Balaban J connectivity index is 2.08. The number of nitrogens with two attached hydrogens (primary N) is 2. The van der Waals surface area contributed by atoms with Crippen LogP contribution in [-0.4, -0.2) is 5.16 Å². The lowest BCUT2D eigenvalue weighted by Gasteiger charge is -2.08. The molecule has 4 N–H and O–H groups in total. The maximum atomic E-state index is 13.7. The largest absolute Gasteiger partial charge is 0.453 e. The van der Waals surface area contributed by atoms with Gasteiger partial charge in [-0.3, -0.25) is 0 Å². The first-order valence-electron chi connectivity index (χ1n) is 5.52. The van der Waals surface area contributed by atoms with Crippen LogP contribution in [0.1, 0.15) is 0 Å². The van der Waals surface area contributed by atoms with Gasteiger partial charge in [-0.05, 0) is 24.3 Å². The summed E-state index contributed by atoms with van der Waals surface area (Å²) in [6.45, 7) is 0. The maximum absolute atomic E-state index is 13.7. The number of hydrogen-bond donors (Lipinski definition) is 2. The van der Waals surface area contributed by atoms with Gasteiger partial charge in [-0.2, -0.15) is 0 Å². The molecule has 0 fully saturated rings. The van der Waals surface area contributed by atoms with Gasteiger partial charge in [0.1, 0.15) is 11.1 Å². The minimum Gasteiger partial charge on any atom is -0.453 e. The number of nitrogen functional groups attached to an aromatic ring is 2. The second-order valence-corrected chi connectivity index (χ2v) is 3.99. The van der Waals surface area contributed by atoms with E-state index < -0.39 is 5.82 Å². The summed E-state index contributed by atoms with van der Waals surface area (Å²) < 4.78 is 24.2. The number of fused-ring (bicyclic) bond motifs is 1. The van der Waals surface area contributed by atoms with Crippen molar-refractivity contribution in [1.82, 2.24) is 5.16 Å². The average Bonchev–Trinajstić information content (AvgIpc) is 2.76. The van der Waals surface area contributed by atoms with Gasteiger partial charge in [0.05, 0.1) is 0 Å². The third-order valence-electron chi connectivity index (χ3n) is 2.66. The van der Waals surface area contributed by atoms with Crippen LogP contribution in [-0.2, 0) is 0 Å². The average molecular weight is 259 g/mol. The SMILES string of the molecule is Nc1ccc(Oc2cccc3onc(N)c23)c(F)c1. The summed E-state index contributed by atoms with van der Waals surface area (Å²) in [4.78, 5) is 0. The van der Waals surface area contributed by atoms with Gasteiger partial charge in [-0.15, -0.1) is 0 Å². The predicted octanol–water partition coefficient (Wildman–Crippen LogP) is 2.92. The van der Waals surface area contributed by atoms with E-state index in [1.807, 2.05) is 0 Å². The summed E-state index contributed by atoms with van der Waals surface area (Å²) in [5.74, 6) is 0.0794. The molecule has 0 bridgehead atoms. The van der Waals surface area contributed by atoms with Crippen molar-refractivity contribution in [2.24, 2.45) is 0 Å². The first-order chi connectivity index (χ1) is 9.15. The fourth-order valence-electron chi connectivity index (χ4n) is 1.79. The molecule has 6 heteroatoms. The van der Waals surface area contributed by atoms with E-state index in [2.05, 4.69) is 5.16 Å². The molecule has 96 valence electrons. The topological polar surface area (TPSA) is 87.3 Å². The van der Waals surface area contributed by atoms with Crippen molar-refractivity contribution in [3.05, 3.63) is 42.2 Å². The zero-order valence-corrected chi connectivity index (χ0v) is 9.76. The molecule has 0 amide bonds. The number of anilines is 2. The summed E-state index contributed by atoms with van der Waals surface area (Å²) in [7, 11) is 0. The van der Waals surface area contributed by atoms with E-state index in [4.69, 9.17) is 20.7 Å². The monoisotopic (exact) mass is 259 g/mol. The Morgan fingerprint density at radius 1 is 1.11 bits per heavy atom. The number of ether oxygens (including phenoxy) is 1. The lowest BCUT2D eigenvalue weighted by atomic mass is 10.2. The second-order valence-electron chi connectivity index (χ2n) is 3.99. The standard InChI is InChI=1S/C13H10FN3O2/c14-8-6-7(15)4-5-9(8)18-10-2-1-3-11-12(10)13(16)17-19-11/h1-6H,15H2,(H2,16,17). The van der Waals surface area contributed by atoms with Crippen molar-refractivity contribution in [2.45, 2.75) is 0 Å². The van der Waals surface area contributed by atoms with Crippen molar-refractivity contribution in [2.75, 3.05) is 11.5 Å². The quantitative estimate of drug-likeness (QED) is 0.691. The zero-order chi connectivity index (χ0) is 13.4. The fourth-order valence-corrected chi connectivity index (χ4v) is 1.79. The Labute approximate surface area is 107 Å². The van der Waals surface area contributed by atoms with Crippen molar-refractivity contribution < 1.29 is 13.7 Å². The van der Waals surface area contributed by atoms with Gasteiger partial charge in [0.15, 0.2) is 23.0 Å². The Kier molecular flexibility index (Phi) is 2.49. The maximum Gasteiger partial charge on any atom is 0.178 e. The van der Waals surface area contributed by atoms with Gasteiger partial charge in [-0.25, -0.2) is 4.39 Å². The molecule has 0 aliphatic heterocycles. The first-order valence-corrected chi connectivity index (χ1v) is 5.52. The molecular weight excluding hydrogens is 249 g/mol. The van der Waals surface area contributed by atoms with E-state index in [1.165, 1.54) is 12.1 Å². The number of aromatic nitrogens is 1. The van der Waals surface area contributed by atoms with Crippen LogP contribution in [0, 0.1) is 5.82 Å². The molecule has 3 aromatic rings. The number of benzene rings is 2. The van der Waals surface area contributed by atoms with Crippen LogP contribution in [0.4, 0.5) is 15.9 Å². The second kappa shape index (κ2) is 4.16. The van der Waals surface area contributed by atoms with E-state index in [9.17, 15) is 4.39 Å². The van der Waals surface area contributed by atoms with E-state index in [-0.39, 0.29) is 11.6 Å². The van der Waals surface area contributed by atoms with Crippen LogP contribution in [0.3, 0.4) is 0 Å². The summed E-state index contributed by atoms with van der Waals surface area (Å²) in [5.41, 5.74) is 12.0. The van der Waals surface area contributed by atoms with Gasteiger partial charge in [0.25, 0.3) is 0 Å². The molecule has 0 spiro atoms. The highest BCUT2D eigenvalue weighted by atomic mass is 19.1. The third kappa shape index (κ3) is 1.93. The Morgan fingerprint density at radius 2 is 1.95 bits per heavy atom. The minimum absolute atomic E-state index is 0.0577. The highest BCUT2D eigenvalue weighted by molar-refractivity contribution is 5.92. The molecule has 2 aromatic carbocycles. The van der Waals surface area contributed by atoms with Crippen LogP contribution < -0.4 is 16.2 Å². The van der Waals surface area contributed by atoms with E-state index >= 15 is 0 Å². The molecule has 0 unspecified atom stereocenters. The molecule has 19 heavy (non-hydrogen) atoms. The molecule has 0 aliphatic carbocycles. The van der Waals surface area contributed by atoms with E-state index in [1.54, 1.807) is 24.3 Å². The molecule has 0 radical (unpaired) electrons. The van der Waals surface area contributed by atoms with Crippen LogP contribution in [0.15, 0.2) is 40.9 Å². The molecule has 1 heterocycles. The molecule has 0 saturated carbocycles. The lowest BCUT2D eigenvalue weighted by Crippen LogP contribution is -1.93. The summed E-state index contributed by atoms with van der Waals surface area (Å²) in [6.07, 6.45) is 0. The minimum atomic E-state index is -0.549. The zero-order valence-electron chi connectivity index (χ0n) is 9.76. The summed E-state index contributed by atoms with van der Waals surface area (Å²) in [5, 5.41) is 4.16. The van der Waals surface area contributed by atoms with Gasteiger partial charge >= 0.3 is 0 Å². The first kappa shape index (κ1) is 11.3. The van der Waals surface area contributed by atoms with Gasteiger partial charge in [0.2, 0.25) is 0 Å². The Morgan fingerprint density at radius 3 is 2.74 bits per heavy atom. The number of hydrogen-bond acceptors (Lipinski definition) is 5. The van der Waals surface area contributed by atoms with Crippen molar-refractivity contribution in [1.29, 1.82) is 0 Å². The van der Waals surface area contributed by atoms with Crippen LogP contribution in [0.2, 0.25) is 0 Å². The smallest absolute Gasteiger partial charge is 0.178 e. The molecule has 0 saturated heterocycles. The highest BCUT2D eigenvalue weighted by Gasteiger charge is 2.13. The summed E-state index contributed by atoms with van der Waals surface area (Å²) >= 11 is 0. The summed E-state index contributed by atoms with van der Waals surface area (Å²) in [6, 6.07) is 9.25. The molecule has 3 rings (SSSR count). The predicted molar refractivity (Wildman–Crippen MR) is 69.3 cm³/mol. The fraction of sp³-hybridized carbons (Fsp3) is 0. The molecule has 1 aromatic heterocycles. The van der Waals surface area contributed by atoms with Gasteiger partial charge in [0, 0.05) is 11.8 Å². The van der Waals surface area contributed by atoms with Crippen LogP contribution >= 0.6 is 0 Å². The third-order valence-corrected chi connectivity index (χ3v) is 2.66. The Hall–Kier alpha value is -2.76. The van der Waals surface area contributed by atoms with Crippen molar-refractivity contribution >= 4 is 22.5 Å². The molecular formula is C13H10FN3O2. The lowest BCUT2D eigenvalue weighted by molar-refractivity contribution is 0.445. The van der Waals surface area contributed by atoms with E-state index in [0.717, 1.165) is 0 Å². The van der Waals surface area contributed by atoms with Crippen LogP contribution in [0.25, 0.3) is 11.0 Å². The molecule has 0 atom stereocenters. The number of halogens is 1. The Bertz CT molecular complexity index is 755. The molecule has 0 aliphatic rings. The van der Waals surface area contributed by atoms with Crippen LogP contribution in [0.5, 0.6) is 11.5 Å². The normalized spacial score (nSPS) is 10.8. The number of nitrogens with zero attached hydrogens (tertiary/aromatic N) is 1. The van der Waals surface area contributed by atoms with Gasteiger partial charge in [-0.1, -0.05) is 11.2 Å².